The first-order valence-electron chi connectivity index (χ1n) is 7.88. The molecule has 2 rings (SSSR count). The van der Waals surface area contributed by atoms with Gasteiger partial charge in [0, 0.05) is 26.8 Å². The zero-order valence-electron chi connectivity index (χ0n) is 13.9. The van der Waals surface area contributed by atoms with Crippen LogP contribution in [-0.4, -0.2) is 56.9 Å². The van der Waals surface area contributed by atoms with Gasteiger partial charge in [0.2, 0.25) is 0 Å². The van der Waals surface area contributed by atoms with Gasteiger partial charge in [0.25, 0.3) is 5.91 Å². The molecule has 0 N–H and O–H groups in total. The van der Waals surface area contributed by atoms with Gasteiger partial charge in [0.05, 0.1) is 18.3 Å². The third-order valence-electron chi connectivity index (χ3n) is 3.66. The number of benzene rings is 1. The fraction of sp³-hybridized carbons (Fsp3) is 0.500. The Morgan fingerprint density at radius 1 is 1.43 bits per heavy atom. The van der Waals surface area contributed by atoms with E-state index in [2.05, 4.69) is 6.58 Å². The second-order valence-electron chi connectivity index (χ2n) is 5.77. The second kappa shape index (κ2) is 8.70. The molecule has 1 aromatic rings. The Hall–Kier alpha value is -1.85. The van der Waals surface area contributed by atoms with Crippen molar-refractivity contribution in [1.82, 2.24) is 4.90 Å². The number of ether oxygens (including phenoxy) is 3. The van der Waals surface area contributed by atoms with Crippen LogP contribution in [0.5, 0.6) is 5.75 Å². The number of morpholine rings is 1. The van der Waals surface area contributed by atoms with Crippen LogP contribution >= 0.6 is 0 Å². The second-order valence-corrected chi connectivity index (χ2v) is 5.77. The molecule has 1 fully saturated rings. The first-order chi connectivity index (χ1) is 11.1. The van der Waals surface area contributed by atoms with E-state index in [-0.39, 0.29) is 12.0 Å². The van der Waals surface area contributed by atoms with E-state index in [1.165, 1.54) is 0 Å². The lowest BCUT2D eigenvalue weighted by Gasteiger charge is -2.33. The molecule has 5 heteroatoms. The van der Waals surface area contributed by atoms with Crippen LogP contribution in [0.1, 0.15) is 23.7 Å². The Labute approximate surface area is 137 Å². The van der Waals surface area contributed by atoms with Crippen molar-refractivity contribution < 1.29 is 19.0 Å². The summed E-state index contributed by atoms with van der Waals surface area (Å²) in [6.45, 7) is 8.48. The van der Waals surface area contributed by atoms with Gasteiger partial charge in [-0.3, -0.25) is 4.79 Å². The molecule has 23 heavy (non-hydrogen) atoms. The molecule has 126 valence electrons. The lowest BCUT2D eigenvalue weighted by Crippen LogP contribution is -2.46. The number of amides is 1. The van der Waals surface area contributed by atoms with Crippen molar-refractivity contribution >= 4 is 5.91 Å². The maximum Gasteiger partial charge on any atom is 0.257 e. The Morgan fingerprint density at radius 3 is 2.96 bits per heavy atom. The van der Waals surface area contributed by atoms with Crippen molar-refractivity contribution in [3.8, 4) is 5.75 Å². The third-order valence-corrected chi connectivity index (χ3v) is 3.66. The summed E-state index contributed by atoms with van der Waals surface area (Å²) >= 11 is 0. The molecule has 0 radical (unpaired) electrons. The highest BCUT2D eigenvalue weighted by atomic mass is 16.5. The summed E-state index contributed by atoms with van der Waals surface area (Å²) in [5.74, 6) is 0.577. The molecule has 0 spiro atoms. The minimum Gasteiger partial charge on any atom is -0.488 e. The molecule has 1 aromatic carbocycles. The van der Waals surface area contributed by atoms with Crippen LogP contribution in [-0.2, 0) is 9.47 Å². The van der Waals surface area contributed by atoms with Crippen LogP contribution in [0.15, 0.2) is 36.4 Å². The van der Waals surface area contributed by atoms with E-state index in [0.717, 1.165) is 12.0 Å². The molecule has 0 aliphatic carbocycles. The van der Waals surface area contributed by atoms with Crippen molar-refractivity contribution in [2.45, 2.75) is 19.4 Å². The smallest absolute Gasteiger partial charge is 0.257 e. The summed E-state index contributed by atoms with van der Waals surface area (Å²) < 4.78 is 16.5. The number of para-hydroxylation sites is 1. The summed E-state index contributed by atoms with van der Waals surface area (Å²) in [4.78, 5) is 14.6. The minimum absolute atomic E-state index is 0.0203. The molecule has 1 aliphatic rings. The molecular formula is C18H25NO4. The summed E-state index contributed by atoms with van der Waals surface area (Å²) in [5, 5.41) is 0. The Kier molecular flexibility index (Phi) is 6.62. The molecule has 1 saturated heterocycles. The zero-order valence-corrected chi connectivity index (χ0v) is 13.9. The molecule has 1 aliphatic heterocycles. The third kappa shape index (κ3) is 5.08. The molecular weight excluding hydrogens is 294 g/mol. The SMILES string of the molecule is C=C(C)COc1ccccc1C(=O)N1CCO[C@@H](CCOC)C1. The normalized spacial score (nSPS) is 17.8. The van der Waals surface area contributed by atoms with Crippen molar-refractivity contribution in [1.29, 1.82) is 0 Å². The molecule has 5 nitrogen and oxygen atoms in total. The monoisotopic (exact) mass is 319 g/mol. The van der Waals surface area contributed by atoms with Crippen LogP contribution in [0.4, 0.5) is 0 Å². The first kappa shape index (κ1) is 17.5. The summed E-state index contributed by atoms with van der Waals surface area (Å²) in [6.07, 6.45) is 0.810. The Bertz CT molecular complexity index is 544. The maximum atomic E-state index is 12.8. The lowest BCUT2D eigenvalue weighted by molar-refractivity contribution is -0.0333. The Balaban J connectivity index is 2.05. The molecule has 1 heterocycles. The van der Waals surface area contributed by atoms with Gasteiger partial charge in [0.15, 0.2) is 0 Å². The lowest BCUT2D eigenvalue weighted by atomic mass is 10.1. The number of carbonyl (C=O) groups excluding carboxylic acids is 1. The van der Waals surface area contributed by atoms with Crippen LogP contribution in [0.25, 0.3) is 0 Å². The van der Waals surface area contributed by atoms with Crippen LogP contribution < -0.4 is 4.74 Å². The van der Waals surface area contributed by atoms with Gasteiger partial charge in [-0.2, -0.15) is 0 Å². The van der Waals surface area contributed by atoms with Crippen molar-refractivity contribution in [3.63, 3.8) is 0 Å². The molecule has 0 saturated carbocycles. The van der Waals surface area contributed by atoms with Crippen molar-refractivity contribution in [2.24, 2.45) is 0 Å². The Morgan fingerprint density at radius 2 is 2.22 bits per heavy atom. The average molecular weight is 319 g/mol. The van der Waals surface area contributed by atoms with Crippen LogP contribution in [0, 0.1) is 0 Å². The van der Waals surface area contributed by atoms with Crippen LogP contribution in [0.2, 0.25) is 0 Å². The largest absolute Gasteiger partial charge is 0.488 e. The van der Waals surface area contributed by atoms with E-state index in [9.17, 15) is 4.79 Å². The summed E-state index contributed by atoms with van der Waals surface area (Å²) in [6, 6.07) is 7.34. The fourth-order valence-corrected chi connectivity index (χ4v) is 2.47. The van der Waals surface area contributed by atoms with E-state index < -0.39 is 0 Å². The highest BCUT2D eigenvalue weighted by molar-refractivity contribution is 5.97. The number of carbonyl (C=O) groups is 1. The van der Waals surface area contributed by atoms with Gasteiger partial charge in [-0.05, 0) is 31.1 Å². The summed E-state index contributed by atoms with van der Waals surface area (Å²) in [7, 11) is 1.67. The van der Waals surface area contributed by atoms with Gasteiger partial charge in [-0.25, -0.2) is 0 Å². The van der Waals surface area contributed by atoms with E-state index in [0.29, 0.717) is 44.2 Å². The van der Waals surface area contributed by atoms with Gasteiger partial charge >= 0.3 is 0 Å². The predicted molar refractivity (Wildman–Crippen MR) is 88.9 cm³/mol. The van der Waals surface area contributed by atoms with Gasteiger partial charge < -0.3 is 19.1 Å². The van der Waals surface area contributed by atoms with Gasteiger partial charge in [-0.1, -0.05) is 18.7 Å². The minimum atomic E-state index is -0.0203. The molecule has 0 bridgehead atoms. The van der Waals surface area contributed by atoms with E-state index in [1.54, 1.807) is 13.2 Å². The maximum absolute atomic E-state index is 12.8. The molecule has 1 amide bonds. The van der Waals surface area contributed by atoms with Gasteiger partial charge in [0.1, 0.15) is 12.4 Å². The highest BCUT2D eigenvalue weighted by Crippen LogP contribution is 2.22. The van der Waals surface area contributed by atoms with Crippen LogP contribution in [0.3, 0.4) is 0 Å². The predicted octanol–water partition coefficient (Wildman–Crippen LogP) is 2.52. The molecule has 1 atom stereocenters. The number of hydrogen-bond donors (Lipinski definition) is 0. The first-order valence-corrected chi connectivity index (χ1v) is 7.88. The van der Waals surface area contributed by atoms with E-state index >= 15 is 0 Å². The molecule has 0 unspecified atom stereocenters. The number of hydrogen-bond acceptors (Lipinski definition) is 4. The molecule has 0 aromatic heterocycles. The number of nitrogens with zero attached hydrogens (tertiary/aromatic N) is 1. The summed E-state index contributed by atoms with van der Waals surface area (Å²) in [5.41, 5.74) is 1.50. The van der Waals surface area contributed by atoms with Crippen molar-refractivity contribution in [3.05, 3.63) is 42.0 Å². The zero-order chi connectivity index (χ0) is 16.7. The highest BCUT2D eigenvalue weighted by Gasteiger charge is 2.26. The van der Waals surface area contributed by atoms with E-state index in [4.69, 9.17) is 14.2 Å². The fourth-order valence-electron chi connectivity index (χ4n) is 2.47. The van der Waals surface area contributed by atoms with Crippen molar-refractivity contribution in [2.75, 3.05) is 40.0 Å². The number of methoxy groups -OCH3 is 1. The van der Waals surface area contributed by atoms with E-state index in [1.807, 2.05) is 30.0 Å². The standard InChI is InChI=1S/C18H25NO4/c1-14(2)13-23-17-7-5-4-6-16(17)18(20)19-9-11-22-15(12-19)8-10-21-3/h4-7,15H,1,8-13H2,2-3H3/t15-/m0/s1. The topological polar surface area (TPSA) is 48.0 Å². The average Bonchev–Trinajstić information content (AvgIpc) is 2.58. The van der Waals surface area contributed by atoms with Gasteiger partial charge in [-0.15, -0.1) is 0 Å². The quantitative estimate of drug-likeness (QED) is 0.725. The number of rotatable bonds is 7.